The van der Waals surface area contributed by atoms with Crippen LogP contribution in [0.15, 0.2) is 122 Å². The molecule has 8 aliphatic rings. The highest BCUT2D eigenvalue weighted by Gasteiger charge is 2.59. The zero-order valence-electron chi connectivity index (χ0n) is 50.1. The van der Waals surface area contributed by atoms with Crippen molar-refractivity contribution < 1.29 is 56.4 Å². The number of rotatable bonds is 12. The molecule has 6 N–H and O–H groups in total. The Kier molecular flexibility index (Phi) is 18.6. The zero-order valence-corrected chi connectivity index (χ0v) is 50.6. The van der Waals surface area contributed by atoms with E-state index in [0.717, 1.165) is 92.2 Å². The number of halogens is 8. The average molecular weight is 1270 g/mol. The predicted molar refractivity (Wildman–Crippen MR) is 329 cm³/mol. The number of nitrogens with zero attached hydrogens (tertiary/aromatic N) is 4. The number of allylic oxidation sites excluding steroid dienone is 2. The molecule has 0 saturated heterocycles. The van der Waals surface area contributed by atoms with Crippen LogP contribution >= 0.6 is 23.2 Å². The Morgan fingerprint density at radius 1 is 0.596 bits per heavy atom. The van der Waals surface area contributed by atoms with Gasteiger partial charge in [0, 0.05) is 57.2 Å². The second kappa shape index (κ2) is 26.0. The van der Waals surface area contributed by atoms with Crippen molar-refractivity contribution >= 4 is 87.7 Å². The molecule has 6 saturated carbocycles. The third-order valence-electron chi connectivity index (χ3n) is 16.1. The predicted octanol–water partition coefficient (Wildman–Crippen LogP) is 14.5. The number of fused-ring (bicyclic) bond motifs is 6. The largest absolute Gasteiger partial charge is 0.471 e. The quantitative estimate of drug-likeness (QED) is 0.0498. The van der Waals surface area contributed by atoms with Gasteiger partial charge in [-0.05, 0) is 169 Å². The van der Waals surface area contributed by atoms with E-state index in [1.165, 1.54) is 35.4 Å². The van der Waals surface area contributed by atoms with E-state index in [-0.39, 0.29) is 34.1 Å². The average Bonchev–Trinajstić information content (AvgIpc) is 0.812. The topological polar surface area (TPSA) is 218 Å². The van der Waals surface area contributed by atoms with Gasteiger partial charge in [-0.15, -0.1) is 0 Å². The minimum atomic E-state index is -4.99. The number of carbonyl (C=O) groups excluding carboxylic acids is 5. The van der Waals surface area contributed by atoms with Gasteiger partial charge in [0.05, 0.1) is 33.8 Å². The molecule has 0 unspecified atom stereocenters. The maximum absolute atomic E-state index is 13.2. The number of hydrogen-bond acceptors (Lipinski definition) is 12. The highest BCUT2D eigenvalue weighted by molar-refractivity contribution is 6.32. The van der Waals surface area contributed by atoms with Crippen LogP contribution in [-0.4, -0.2) is 90.1 Å². The van der Waals surface area contributed by atoms with Crippen LogP contribution in [-0.2, 0) is 27.2 Å². The van der Waals surface area contributed by atoms with Crippen LogP contribution in [0.5, 0.6) is 0 Å². The highest BCUT2D eigenvalue weighted by atomic mass is 35.5. The van der Waals surface area contributed by atoms with Crippen molar-refractivity contribution in [3.63, 3.8) is 0 Å². The fourth-order valence-corrected chi connectivity index (χ4v) is 13.1. The number of benzene rings is 4. The summed E-state index contributed by atoms with van der Waals surface area (Å²) in [5.41, 5.74) is 7.93. The van der Waals surface area contributed by atoms with E-state index in [1.807, 2.05) is 45.0 Å². The Balaban J connectivity index is 0.000000188. The number of nitrogens with one attached hydrogen (secondary N) is 6. The Morgan fingerprint density at radius 3 is 1.36 bits per heavy atom. The van der Waals surface area contributed by atoms with Crippen molar-refractivity contribution in [2.24, 2.45) is 0 Å². The molecule has 2 heterocycles. The summed E-state index contributed by atoms with van der Waals surface area (Å²) >= 11 is 13.1. The van der Waals surface area contributed by atoms with Crippen LogP contribution < -0.4 is 31.9 Å². The molecule has 6 fully saturated rings. The summed E-state index contributed by atoms with van der Waals surface area (Å²) in [6, 6.07) is 28.7. The Labute approximate surface area is 521 Å². The third-order valence-corrected chi connectivity index (χ3v) is 16.6. The van der Waals surface area contributed by atoms with Gasteiger partial charge in [0.15, 0.2) is 0 Å². The Morgan fingerprint density at radius 2 is 0.978 bits per heavy atom. The van der Waals surface area contributed by atoms with Crippen molar-refractivity contribution in [3.05, 3.63) is 176 Å². The number of anilines is 4. The Bertz CT molecular complexity index is 3740. The van der Waals surface area contributed by atoms with E-state index in [0.29, 0.717) is 64.2 Å². The van der Waals surface area contributed by atoms with Crippen molar-refractivity contribution in [1.82, 2.24) is 30.6 Å². The van der Waals surface area contributed by atoms with Crippen molar-refractivity contribution in [1.29, 1.82) is 0 Å². The molecule has 4 amide bonds. The minimum absolute atomic E-state index is 0.0410. The lowest BCUT2D eigenvalue weighted by Gasteiger charge is -2.61. The standard InChI is InChI=1S/C32H34ClN5O3.C29H25ClF3N5O2.C2HF3O.C2H6/c1-30(2,3)41-29(40)35-22-12-9-21(10-13-22)27(39)37-31-15-6-16-32(18-31,19-31)38-28-34-17-25(33)26(36-28)24-14-11-20-7-4-5-8-23(20)24;30-22-14-34-26(36-23(22)21-11-8-17-4-1-2-5-20(17)21)38-28-13-3-12-27(15-28,16-28)37-24(39)18-6-9-19(10-7-18)35-25(40)29(31,32)33;3-2(4,5)1-6;1-2/h4-5,7-10,12-14,17H,6,11,15-16,18-19H2,1-3H3,(H,35,40)(H,37,39)(H,34,36,38);1-2,4-7,9-11,14H,3,8,12-13,15-16H2,(H,35,40)(H,37,39)(H,34,36,38);1H;1-2H3/i;;;1D. The molecule has 4 aromatic carbocycles. The van der Waals surface area contributed by atoms with Crippen molar-refractivity contribution in [2.45, 2.75) is 152 Å². The van der Waals surface area contributed by atoms with E-state index < -0.39 is 41.8 Å². The summed E-state index contributed by atoms with van der Waals surface area (Å²) in [5.74, 6) is -1.46. The summed E-state index contributed by atoms with van der Waals surface area (Å²) in [6.07, 6.45) is 6.57. The molecular weight excluding hydrogens is 1200 g/mol. The van der Waals surface area contributed by atoms with Gasteiger partial charge in [-0.25, -0.2) is 24.7 Å². The zero-order chi connectivity index (χ0) is 64.9. The Hall–Kier alpha value is -8.37. The van der Waals surface area contributed by atoms with Crippen LogP contribution in [0.25, 0.3) is 11.1 Å². The van der Waals surface area contributed by atoms with Crippen LogP contribution in [0.4, 0.5) is 54.4 Å². The van der Waals surface area contributed by atoms with Gasteiger partial charge in [0.2, 0.25) is 18.2 Å². The molecule has 16 nitrogen and oxygen atoms in total. The first-order valence-electron chi connectivity index (χ1n) is 29.5. The molecule has 0 spiro atoms. The molecule has 0 atom stereocenters. The summed E-state index contributed by atoms with van der Waals surface area (Å²) in [6.45, 7) is 7.72. The van der Waals surface area contributed by atoms with Crippen LogP contribution in [0.2, 0.25) is 10.0 Å². The summed E-state index contributed by atoms with van der Waals surface area (Å²) in [4.78, 5) is 76.6. The number of ether oxygens (including phenoxy) is 1. The van der Waals surface area contributed by atoms with Gasteiger partial charge in [-0.1, -0.05) is 97.7 Å². The van der Waals surface area contributed by atoms with Crippen molar-refractivity contribution in [3.8, 4) is 0 Å². The van der Waals surface area contributed by atoms with E-state index in [2.05, 4.69) is 73.0 Å². The third kappa shape index (κ3) is 15.6. The van der Waals surface area contributed by atoms with Gasteiger partial charge in [0.1, 0.15) is 5.60 Å². The van der Waals surface area contributed by atoms with Crippen molar-refractivity contribution in [2.75, 3.05) is 21.3 Å². The number of alkyl halides is 6. The molecule has 468 valence electrons. The highest BCUT2D eigenvalue weighted by Crippen LogP contribution is 2.55. The first-order chi connectivity index (χ1) is 42.5. The molecule has 0 aliphatic heterocycles. The number of amides is 4. The van der Waals surface area contributed by atoms with Crippen LogP contribution in [0, 0.1) is 0 Å². The molecule has 6 aromatic rings. The van der Waals surface area contributed by atoms with E-state index in [4.69, 9.17) is 44.1 Å². The maximum atomic E-state index is 13.2. The molecule has 89 heavy (non-hydrogen) atoms. The SMILES string of the molecule is CC(C)(C)OC(=O)Nc1ccc(C(=O)NC23CCCC(Nc4ncc(Cl)c(C5=CCc6ccccc65)n4)(C2)C3)cc1.O=C(NC12CCCC(Nc3ncc(Cl)c(C4=CCc5ccccc54)n3)(C1)C2)c1ccc(NC(=O)C(F)(F)F)cc1.O=CC(F)(F)F.[2H]CC. The van der Waals surface area contributed by atoms with Gasteiger partial charge in [-0.3, -0.25) is 24.5 Å². The first kappa shape index (κ1) is 63.6. The molecular formula is C65H66Cl2F6N10O6. The number of carbonyl (C=O) groups is 5. The van der Waals surface area contributed by atoms with Crippen LogP contribution in [0.3, 0.4) is 0 Å². The van der Waals surface area contributed by atoms with E-state index >= 15 is 0 Å². The maximum Gasteiger partial charge on any atom is 0.471 e. The van der Waals surface area contributed by atoms with Gasteiger partial charge in [-0.2, -0.15) is 26.3 Å². The second-order valence-electron chi connectivity index (χ2n) is 23.8. The van der Waals surface area contributed by atoms with E-state index in [1.54, 1.807) is 48.9 Å². The fourth-order valence-electron chi connectivity index (χ4n) is 12.7. The van der Waals surface area contributed by atoms with E-state index in [9.17, 15) is 45.5 Å². The summed E-state index contributed by atoms with van der Waals surface area (Å²) in [7, 11) is 0. The molecule has 2 aromatic heterocycles. The number of aldehydes is 1. The second-order valence-corrected chi connectivity index (χ2v) is 24.6. The lowest BCUT2D eigenvalue weighted by Crippen LogP contribution is -2.70. The first-order valence-corrected chi connectivity index (χ1v) is 29.6. The van der Waals surface area contributed by atoms with Gasteiger partial charge < -0.3 is 31.3 Å². The molecule has 4 bridgehead atoms. The fraction of sp³-hybridized carbons (Fsp3) is 0.369. The minimum Gasteiger partial charge on any atom is -0.444 e. The molecule has 8 aliphatic carbocycles. The molecule has 24 heteroatoms. The van der Waals surface area contributed by atoms with Crippen LogP contribution in [0.1, 0.15) is 155 Å². The normalized spacial score (nSPS) is 21.7. The lowest BCUT2D eigenvalue weighted by molar-refractivity contribution is -0.167. The summed E-state index contributed by atoms with van der Waals surface area (Å²) < 4.78 is 80.2. The van der Waals surface area contributed by atoms with Gasteiger partial charge in [0.25, 0.3) is 11.8 Å². The van der Waals surface area contributed by atoms with Gasteiger partial charge >= 0.3 is 24.4 Å². The number of hydrogen-bond donors (Lipinski definition) is 6. The smallest absolute Gasteiger partial charge is 0.444 e. The monoisotopic (exact) mass is 1270 g/mol. The molecule has 14 rings (SSSR count). The number of aromatic nitrogens is 4. The lowest BCUT2D eigenvalue weighted by atomic mass is 9.54. The summed E-state index contributed by atoms with van der Waals surface area (Å²) in [5, 5.41) is 19.0. The molecule has 0 radical (unpaired) electrons.